The Bertz CT molecular complexity index is 377. The molecule has 1 aliphatic carbocycles. The molecule has 128 valence electrons. The van der Waals surface area contributed by atoms with E-state index in [1.165, 1.54) is 19.3 Å². The van der Waals surface area contributed by atoms with Crippen LogP contribution in [-0.4, -0.2) is 47.9 Å². The second kappa shape index (κ2) is 8.51. The van der Waals surface area contributed by atoms with Crippen LogP contribution in [0.2, 0.25) is 0 Å². The Morgan fingerprint density at radius 1 is 1.09 bits per heavy atom. The summed E-state index contributed by atoms with van der Waals surface area (Å²) in [5.74, 6) is 0.550. The lowest BCUT2D eigenvalue weighted by atomic mass is 9.86. The average molecular weight is 311 g/mol. The van der Waals surface area contributed by atoms with Gasteiger partial charge in [0.05, 0.1) is 13.1 Å². The van der Waals surface area contributed by atoms with Gasteiger partial charge in [0.15, 0.2) is 0 Å². The van der Waals surface area contributed by atoms with Gasteiger partial charge in [-0.15, -0.1) is 0 Å². The number of hydrogen-bond acceptors (Lipinski definition) is 3. The highest BCUT2D eigenvalue weighted by atomic mass is 16.2. The van der Waals surface area contributed by atoms with Gasteiger partial charge >= 0.3 is 0 Å². The number of carbonyl (C=O) groups excluding carboxylic acids is 2. The minimum Gasteiger partial charge on any atom is -0.352 e. The first-order valence-electron chi connectivity index (χ1n) is 8.54. The van der Waals surface area contributed by atoms with E-state index in [1.807, 2.05) is 32.6 Å². The van der Waals surface area contributed by atoms with Crippen molar-refractivity contribution in [1.29, 1.82) is 0 Å². The van der Waals surface area contributed by atoms with Crippen molar-refractivity contribution in [2.45, 2.75) is 71.9 Å². The van der Waals surface area contributed by atoms with E-state index in [0.717, 1.165) is 6.42 Å². The van der Waals surface area contributed by atoms with Crippen LogP contribution in [0, 0.1) is 5.92 Å². The molecule has 5 nitrogen and oxygen atoms in total. The molecule has 1 aliphatic rings. The summed E-state index contributed by atoms with van der Waals surface area (Å²) in [7, 11) is 0. The molecule has 2 amide bonds. The van der Waals surface area contributed by atoms with E-state index in [9.17, 15) is 9.59 Å². The second-order valence-electron chi connectivity index (χ2n) is 7.54. The quantitative estimate of drug-likeness (QED) is 0.788. The number of rotatable bonds is 6. The van der Waals surface area contributed by atoms with Gasteiger partial charge in [-0.2, -0.15) is 0 Å². The molecule has 0 aromatic heterocycles. The lowest BCUT2D eigenvalue weighted by Gasteiger charge is -2.30. The van der Waals surface area contributed by atoms with Crippen LogP contribution in [0.4, 0.5) is 0 Å². The van der Waals surface area contributed by atoms with E-state index in [4.69, 9.17) is 0 Å². The molecule has 1 rings (SSSR count). The third-order valence-electron chi connectivity index (χ3n) is 4.15. The van der Waals surface area contributed by atoms with Crippen LogP contribution >= 0.6 is 0 Å². The van der Waals surface area contributed by atoms with Crippen LogP contribution in [0.1, 0.15) is 60.3 Å². The molecule has 0 aromatic rings. The third-order valence-corrected chi connectivity index (χ3v) is 4.15. The lowest BCUT2D eigenvalue weighted by Crippen LogP contribution is -2.49. The average Bonchev–Trinajstić information content (AvgIpc) is 2.38. The van der Waals surface area contributed by atoms with Gasteiger partial charge in [-0.3, -0.25) is 14.5 Å². The predicted octanol–water partition coefficient (Wildman–Crippen LogP) is 1.92. The molecule has 22 heavy (non-hydrogen) atoms. The zero-order valence-corrected chi connectivity index (χ0v) is 14.9. The van der Waals surface area contributed by atoms with Gasteiger partial charge in [0.2, 0.25) is 11.8 Å². The van der Waals surface area contributed by atoms with Gasteiger partial charge in [-0.25, -0.2) is 0 Å². The molecular weight excluding hydrogens is 278 g/mol. The minimum absolute atomic E-state index is 0.0316. The fourth-order valence-corrected chi connectivity index (χ4v) is 2.93. The minimum atomic E-state index is -0.240. The smallest absolute Gasteiger partial charge is 0.234 e. The van der Waals surface area contributed by atoms with Crippen molar-refractivity contribution in [3.8, 4) is 0 Å². The van der Waals surface area contributed by atoms with Crippen molar-refractivity contribution in [1.82, 2.24) is 15.5 Å². The molecule has 1 saturated carbocycles. The first-order chi connectivity index (χ1) is 10.2. The molecule has 2 N–H and O–H groups in total. The molecule has 0 heterocycles. The molecule has 0 aromatic carbocycles. The summed E-state index contributed by atoms with van der Waals surface area (Å²) in [6, 6.07) is 0.295. The molecule has 5 heteroatoms. The van der Waals surface area contributed by atoms with Crippen LogP contribution in [0.5, 0.6) is 0 Å². The Balaban J connectivity index is 2.41. The van der Waals surface area contributed by atoms with Crippen molar-refractivity contribution in [2.75, 3.05) is 19.6 Å². The molecule has 0 spiro atoms. The third kappa shape index (κ3) is 7.25. The Hall–Kier alpha value is -1.10. The van der Waals surface area contributed by atoms with Crippen LogP contribution in [0.3, 0.4) is 0 Å². The van der Waals surface area contributed by atoms with E-state index < -0.39 is 0 Å². The molecule has 0 unspecified atom stereocenters. The fraction of sp³-hybridized carbons (Fsp3) is 0.882. The molecule has 0 aliphatic heterocycles. The van der Waals surface area contributed by atoms with E-state index in [2.05, 4.69) is 17.6 Å². The van der Waals surface area contributed by atoms with Crippen LogP contribution < -0.4 is 10.6 Å². The van der Waals surface area contributed by atoms with Crippen molar-refractivity contribution in [3.63, 3.8) is 0 Å². The van der Waals surface area contributed by atoms with E-state index in [0.29, 0.717) is 18.5 Å². The van der Waals surface area contributed by atoms with Gasteiger partial charge in [0.25, 0.3) is 0 Å². The topological polar surface area (TPSA) is 61.4 Å². The summed E-state index contributed by atoms with van der Waals surface area (Å²) in [5, 5.41) is 6.08. The maximum absolute atomic E-state index is 12.2. The van der Waals surface area contributed by atoms with Crippen molar-refractivity contribution in [2.24, 2.45) is 5.92 Å². The standard InChI is InChI=1S/C17H33N3O2/c1-6-20(12-16(22)19-17(3,4)5)11-15(21)18-14-10-8-7-9-13(14)2/h13-14H,6-12H2,1-5H3,(H,18,21)(H,19,22)/t13-,14-/m0/s1. The first kappa shape index (κ1) is 18.9. The zero-order valence-electron chi connectivity index (χ0n) is 14.9. The Morgan fingerprint density at radius 3 is 2.23 bits per heavy atom. The summed E-state index contributed by atoms with van der Waals surface area (Å²) >= 11 is 0. The molecule has 0 saturated heterocycles. The van der Waals surface area contributed by atoms with Crippen LogP contribution in [-0.2, 0) is 9.59 Å². The van der Waals surface area contributed by atoms with Gasteiger partial charge in [0, 0.05) is 11.6 Å². The Labute approximate surface area is 135 Å². The fourth-order valence-electron chi connectivity index (χ4n) is 2.93. The van der Waals surface area contributed by atoms with Crippen LogP contribution in [0.25, 0.3) is 0 Å². The van der Waals surface area contributed by atoms with Crippen molar-refractivity contribution >= 4 is 11.8 Å². The highest BCUT2D eigenvalue weighted by molar-refractivity contribution is 5.81. The number of nitrogens with one attached hydrogen (secondary N) is 2. The SMILES string of the molecule is CCN(CC(=O)N[C@H]1CCCC[C@@H]1C)CC(=O)NC(C)(C)C. The predicted molar refractivity (Wildman–Crippen MR) is 89.6 cm³/mol. The highest BCUT2D eigenvalue weighted by Gasteiger charge is 2.24. The lowest BCUT2D eigenvalue weighted by molar-refractivity contribution is -0.126. The normalized spacial score (nSPS) is 22.5. The maximum Gasteiger partial charge on any atom is 0.234 e. The van der Waals surface area contributed by atoms with Crippen LogP contribution in [0.15, 0.2) is 0 Å². The van der Waals surface area contributed by atoms with E-state index in [1.54, 1.807) is 0 Å². The summed E-state index contributed by atoms with van der Waals surface area (Å²) in [6.45, 7) is 11.3. The van der Waals surface area contributed by atoms with Gasteiger partial charge in [-0.1, -0.05) is 26.7 Å². The summed E-state index contributed by atoms with van der Waals surface area (Å²) < 4.78 is 0. The highest BCUT2D eigenvalue weighted by Crippen LogP contribution is 2.23. The number of nitrogens with zero attached hydrogens (tertiary/aromatic N) is 1. The Morgan fingerprint density at radius 2 is 1.68 bits per heavy atom. The largest absolute Gasteiger partial charge is 0.352 e. The monoisotopic (exact) mass is 311 g/mol. The number of amides is 2. The summed E-state index contributed by atoms with van der Waals surface area (Å²) in [5.41, 5.74) is -0.240. The maximum atomic E-state index is 12.2. The molecular formula is C17H33N3O2. The number of likely N-dealkylation sites (N-methyl/N-ethyl adjacent to an activating group) is 1. The second-order valence-corrected chi connectivity index (χ2v) is 7.54. The summed E-state index contributed by atoms with van der Waals surface area (Å²) in [6.07, 6.45) is 4.72. The molecule has 1 fully saturated rings. The van der Waals surface area contributed by atoms with E-state index in [-0.39, 0.29) is 30.4 Å². The zero-order chi connectivity index (χ0) is 16.8. The molecule has 2 atom stereocenters. The van der Waals surface area contributed by atoms with Crippen molar-refractivity contribution < 1.29 is 9.59 Å². The van der Waals surface area contributed by atoms with Gasteiger partial charge in [-0.05, 0) is 46.1 Å². The van der Waals surface area contributed by atoms with E-state index >= 15 is 0 Å². The number of carbonyl (C=O) groups is 2. The Kier molecular flexibility index (Phi) is 7.33. The molecule has 0 bridgehead atoms. The van der Waals surface area contributed by atoms with Gasteiger partial charge in [0.1, 0.15) is 0 Å². The summed E-state index contributed by atoms with van der Waals surface area (Å²) in [4.78, 5) is 26.1. The van der Waals surface area contributed by atoms with Gasteiger partial charge < -0.3 is 10.6 Å². The number of hydrogen-bond donors (Lipinski definition) is 2. The van der Waals surface area contributed by atoms with Crippen molar-refractivity contribution in [3.05, 3.63) is 0 Å². The first-order valence-corrected chi connectivity index (χ1v) is 8.54. The molecule has 0 radical (unpaired) electrons.